The summed E-state index contributed by atoms with van der Waals surface area (Å²) in [7, 11) is 0. The second-order valence-corrected chi connectivity index (χ2v) is 7.77. The van der Waals surface area contributed by atoms with Crippen molar-refractivity contribution in [2.24, 2.45) is 0 Å². The van der Waals surface area contributed by atoms with Crippen LogP contribution in [0.4, 0.5) is 5.82 Å². The van der Waals surface area contributed by atoms with Crippen molar-refractivity contribution < 1.29 is 0 Å². The van der Waals surface area contributed by atoms with E-state index in [2.05, 4.69) is 46.5 Å². The van der Waals surface area contributed by atoms with Crippen molar-refractivity contribution in [3.63, 3.8) is 0 Å². The van der Waals surface area contributed by atoms with Crippen LogP contribution < -0.4 is 4.90 Å². The first kappa shape index (κ1) is 14.0. The zero-order chi connectivity index (χ0) is 15.1. The molecule has 0 bridgehead atoms. The Bertz CT molecular complexity index is 782. The molecule has 0 aliphatic carbocycles. The summed E-state index contributed by atoms with van der Waals surface area (Å²) in [4.78, 5) is 2.39. The predicted molar refractivity (Wildman–Crippen MR) is 92.8 cm³/mol. The Morgan fingerprint density at radius 1 is 1.18 bits per heavy atom. The number of fused-ring (bicyclic) bond motifs is 1. The van der Waals surface area contributed by atoms with Crippen LogP contribution in [0.15, 0.2) is 29.0 Å². The fourth-order valence-electron chi connectivity index (χ4n) is 2.76. The van der Waals surface area contributed by atoms with Crippen molar-refractivity contribution in [2.75, 3.05) is 17.2 Å². The lowest BCUT2D eigenvalue weighted by atomic mass is 10.2. The van der Waals surface area contributed by atoms with E-state index in [1.54, 1.807) is 11.3 Å². The van der Waals surface area contributed by atoms with Crippen LogP contribution in [0.2, 0.25) is 0 Å². The van der Waals surface area contributed by atoms with Gasteiger partial charge in [-0.15, -0.1) is 15.3 Å². The van der Waals surface area contributed by atoms with Crippen LogP contribution >= 0.6 is 23.1 Å². The van der Waals surface area contributed by atoms with Crippen molar-refractivity contribution in [1.82, 2.24) is 19.8 Å². The lowest BCUT2D eigenvalue weighted by molar-refractivity contribution is 0.614. The summed E-state index contributed by atoms with van der Waals surface area (Å²) in [6.45, 7) is 5.59. The molecule has 0 spiro atoms. The van der Waals surface area contributed by atoms with Gasteiger partial charge in [-0.05, 0) is 30.5 Å². The normalized spacial score (nSPS) is 22.4. The van der Waals surface area contributed by atoms with E-state index in [0.29, 0.717) is 11.3 Å². The third-order valence-electron chi connectivity index (χ3n) is 4.21. The number of thioether (sulfide) groups is 1. The Labute approximate surface area is 137 Å². The topological polar surface area (TPSA) is 46.3 Å². The number of hydrogen-bond acceptors (Lipinski definition) is 6. The summed E-state index contributed by atoms with van der Waals surface area (Å²) in [5.41, 5.74) is 1.86. The van der Waals surface area contributed by atoms with Crippen molar-refractivity contribution in [3.05, 3.63) is 29.0 Å². The van der Waals surface area contributed by atoms with Crippen molar-refractivity contribution in [1.29, 1.82) is 0 Å². The molecule has 0 saturated carbocycles. The van der Waals surface area contributed by atoms with E-state index in [1.807, 2.05) is 27.7 Å². The third kappa shape index (κ3) is 2.28. The summed E-state index contributed by atoms with van der Waals surface area (Å²) in [5, 5.41) is 18.1. The second kappa shape index (κ2) is 5.55. The highest BCUT2D eigenvalue weighted by molar-refractivity contribution is 8.00. The van der Waals surface area contributed by atoms with Gasteiger partial charge in [0.2, 0.25) is 0 Å². The molecule has 0 radical (unpaired) electrons. The van der Waals surface area contributed by atoms with Gasteiger partial charge in [0.1, 0.15) is 5.82 Å². The maximum Gasteiger partial charge on any atom is 0.186 e. The van der Waals surface area contributed by atoms with Gasteiger partial charge in [0.05, 0.1) is 0 Å². The van der Waals surface area contributed by atoms with E-state index in [-0.39, 0.29) is 0 Å². The Morgan fingerprint density at radius 2 is 2.09 bits per heavy atom. The zero-order valence-electron chi connectivity index (χ0n) is 12.5. The van der Waals surface area contributed by atoms with Crippen molar-refractivity contribution in [2.45, 2.75) is 25.1 Å². The maximum atomic E-state index is 4.81. The molecule has 1 aliphatic rings. The molecule has 2 unspecified atom stereocenters. The molecule has 0 amide bonds. The highest BCUT2D eigenvalue weighted by atomic mass is 32.2. The molecule has 3 aromatic rings. The molecule has 2 atom stereocenters. The van der Waals surface area contributed by atoms with Crippen molar-refractivity contribution in [3.8, 4) is 11.4 Å². The lowest BCUT2D eigenvalue weighted by Gasteiger charge is -2.38. The van der Waals surface area contributed by atoms with Gasteiger partial charge >= 0.3 is 0 Å². The van der Waals surface area contributed by atoms with Gasteiger partial charge in [-0.2, -0.15) is 27.6 Å². The molecule has 4 heterocycles. The van der Waals surface area contributed by atoms with Gasteiger partial charge < -0.3 is 4.90 Å². The van der Waals surface area contributed by atoms with E-state index >= 15 is 0 Å². The van der Waals surface area contributed by atoms with Crippen LogP contribution in [0.3, 0.4) is 0 Å². The Morgan fingerprint density at radius 3 is 2.91 bits per heavy atom. The van der Waals surface area contributed by atoms with Gasteiger partial charge in [-0.1, -0.05) is 6.92 Å². The molecular weight excluding hydrogens is 314 g/mol. The fourth-order valence-corrected chi connectivity index (χ4v) is 4.49. The minimum Gasteiger partial charge on any atom is -0.351 e. The van der Waals surface area contributed by atoms with Crippen molar-refractivity contribution >= 4 is 34.6 Å². The largest absolute Gasteiger partial charge is 0.351 e. The van der Waals surface area contributed by atoms with Gasteiger partial charge in [0, 0.05) is 34.5 Å². The summed E-state index contributed by atoms with van der Waals surface area (Å²) >= 11 is 3.69. The Hall–Kier alpha value is -1.60. The summed E-state index contributed by atoms with van der Waals surface area (Å²) < 4.78 is 1.86. The lowest BCUT2D eigenvalue weighted by Crippen LogP contribution is -2.45. The number of hydrogen-bond donors (Lipinski definition) is 0. The molecule has 5 nitrogen and oxygen atoms in total. The molecule has 7 heteroatoms. The second-order valence-electron chi connectivity index (χ2n) is 5.51. The van der Waals surface area contributed by atoms with E-state index in [0.717, 1.165) is 35.2 Å². The van der Waals surface area contributed by atoms with Crippen LogP contribution in [-0.2, 0) is 0 Å². The SMILES string of the molecule is CC1SCCN(c2ccc3nnc(-c4ccsc4)n3n2)C1C. The molecule has 1 fully saturated rings. The molecule has 114 valence electrons. The number of nitrogens with zero attached hydrogens (tertiary/aromatic N) is 5. The summed E-state index contributed by atoms with van der Waals surface area (Å²) in [6.07, 6.45) is 0. The standard InChI is InChI=1S/C15H17N5S2/c1-10-11(2)22-8-6-19(10)14-4-3-13-16-17-15(20(13)18-14)12-5-7-21-9-12/h3-5,7,9-11H,6,8H2,1-2H3. The first-order valence-electron chi connectivity index (χ1n) is 7.37. The van der Waals surface area contributed by atoms with Crippen LogP contribution in [0.5, 0.6) is 0 Å². The molecular formula is C15H17N5S2. The minimum atomic E-state index is 0.477. The average Bonchev–Trinajstić information content (AvgIpc) is 3.18. The van der Waals surface area contributed by atoms with Crippen LogP contribution in [0.25, 0.3) is 17.0 Å². The molecule has 1 aliphatic heterocycles. The summed E-state index contributed by atoms with van der Waals surface area (Å²) in [6, 6.07) is 6.59. The average molecular weight is 331 g/mol. The fraction of sp³-hybridized carbons (Fsp3) is 0.400. The molecule has 22 heavy (non-hydrogen) atoms. The first-order valence-corrected chi connectivity index (χ1v) is 9.36. The van der Waals surface area contributed by atoms with E-state index in [4.69, 9.17) is 5.10 Å². The molecule has 3 aromatic heterocycles. The van der Waals surface area contributed by atoms with Crippen LogP contribution in [-0.4, -0.2) is 43.4 Å². The predicted octanol–water partition coefficient (Wildman–Crippen LogP) is 3.18. The molecule has 0 N–H and O–H groups in total. The molecule has 1 saturated heterocycles. The van der Waals surface area contributed by atoms with E-state index in [1.165, 1.54) is 0 Å². The maximum absolute atomic E-state index is 4.81. The highest BCUT2D eigenvalue weighted by Crippen LogP contribution is 2.28. The van der Waals surface area contributed by atoms with Gasteiger partial charge in [0.25, 0.3) is 0 Å². The number of rotatable bonds is 2. The minimum absolute atomic E-state index is 0.477. The quantitative estimate of drug-likeness (QED) is 0.722. The number of thiophene rings is 1. The van der Waals surface area contributed by atoms with Gasteiger partial charge in [0.15, 0.2) is 11.5 Å². The molecule has 4 rings (SSSR count). The number of aromatic nitrogens is 4. The van der Waals surface area contributed by atoms with E-state index < -0.39 is 0 Å². The van der Waals surface area contributed by atoms with E-state index in [9.17, 15) is 0 Å². The zero-order valence-corrected chi connectivity index (χ0v) is 14.1. The van der Waals surface area contributed by atoms with Crippen LogP contribution in [0, 0.1) is 0 Å². The summed E-state index contributed by atoms with van der Waals surface area (Å²) in [5.74, 6) is 2.96. The number of anilines is 1. The van der Waals surface area contributed by atoms with Gasteiger partial charge in [-0.25, -0.2) is 0 Å². The highest BCUT2D eigenvalue weighted by Gasteiger charge is 2.26. The van der Waals surface area contributed by atoms with Gasteiger partial charge in [-0.3, -0.25) is 0 Å². The smallest absolute Gasteiger partial charge is 0.186 e. The third-order valence-corrected chi connectivity index (χ3v) is 6.23. The Balaban J connectivity index is 1.78. The molecule has 0 aromatic carbocycles. The Kier molecular flexibility index (Phi) is 3.54. The monoisotopic (exact) mass is 331 g/mol. The first-order chi connectivity index (χ1) is 10.7. The van der Waals surface area contributed by atoms with Crippen LogP contribution in [0.1, 0.15) is 13.8 Å².